The van der Waals surface area contributed by atoms with Gasteiger partial charge in [0.05, 0.1) is 11.0 Å². The minimum Gasteiger partial charge on any atom is -0.366 e. The molecule has 0 unspecified atom stereocenters. The van der Waals surface area contributed by atoms with Crippen LogP contribution in [0.25, 0.3) is 22.2 Å². The lowest BCUT2D eigenvalue weighted by Crippen LogP contribution is -2.13. The monoisotopic (exact) mass is 279 g/mol. The molecule has 0 aliphatic rings. The minimum atomic E-state index is -0.393. The number of hydrogen-bond acceptors (Lipinski definition) is 2. The van der Waals surface area contributed by atoms with Gasteiger partial charge in [-0.3, -0.25) is 4.79 Å². The summed E-state index contributed by atoms with van der Waals surface area (Å²) in [7, 11) is 0. The van der Waals surface area contributed by atoms with Crippen molar-refractivity contribution < 1.29 is 4.79 Å². The zero-order valence-electron chi connectivity index (χ0n) is 12.3. The zero-order valence-corrected chi connectivity index (χ0v) is 12.3. The number of aromatic nitrogens is 2. The van der Waals surface area contributed by atoms with Crippen molar-refractivity contribution in [3.8, 4) is 11.1 Å². The maximum Gasteiger partial charge on any atom is 0.248 e. The van der Waals surface area contributed by atoms with Crippen LogP contribution in [0.1, 0.15) is 27.3 Å². The summed E-state index contributed by atoms with van der Waals surface area (Å²) in [4.78, 5) is 19.2. The molecular formula is C17H17N3O. The number of nitrogens with two attached hydrogens (primary N) is 1. The van der Waals surface area contributed by atoms with E-state index in [0.29, 0.717) is 5.56 Å². The lowest BCUT2D eigenvalue weighted by Gasteiger charge is -2.10. The van der Waals surface area contributed by atoms with Gasteiger partial charge in [-0.05, 0) is 61.2 Å². The molecule has 21 heavy (non-hydrogen) atoms. The standard InChI is InChI=1S/C17H17N3O/c1-9-6-13(7-14(10(9)2)17(18)21)12-4-5-15-16(8-12)20-11(3)19-15/h4-8H,1-3H3,(H2,18,21)(H,19,20). The van der Waals surface area contributed by atoms with Crippen molar-refractivity contribution >= 4 is 16.9 Å². The van der Waals surface area contributed by atoms with Crippen LogP contribution < -0.4 is 5.73 Å². The molecule has 0 fully saturated rings. The highest BCUT2D eigenvalue weighted by atomic mass is 16.1. The van der Waals surface area contributed by atoms with Crippen molar-refractivity contribution in [2.45, 2.75) is 20.8 Å². The van der Waals surface area contributed by atoms with Crippen LogP contribution in [0.15, 0.2) is 30.3 Å². The number of H-pyrrole nitrogens is 1. The second-order valence-electron chi connectivity index (χ2n) is 5.38. The van der Waals surface area contributed by atoms with Gasteiger partial charge in [0.2, 0.25) is 5.91 Å². The van der Waals surface area contributed by atoms with E-state index in [4.69, 9.17) is 5.73 Å². The molecule has 0 bridgehead atoms. The van der Waals surface area contributed by atoms with Gasteiger partial charge < -0.3 is 10.7 Å². The van der Waals surface area contributed by atoms with Crippen molar-refractivity contribution in [1.82, 2.24) is 9.97 Å². The Morgan fingerprint density at radius 2 is 1.86 bits per heavy atom. The SMILES string of the molecule is Cc1nc2ccc(-c3cc(C)c(C)c(C(N)=O)c3)cc2[nH]1. The van der Waals surface area contributed by atoms with Gasteiger partial charge in [-0.2, -0.15) is 0 Å². The Labute approximate surface area is 123 Å². The second kappa shape index (κ2) is 4.74. The number of hydrogen-bond donors (Lipinski definition) is 2. The molecule has 0 saturated heterocycles. The van der Waals surface area contributed by atoms with Gasteiger partial charge in [0, 0.05) is 5.56 Å². The number of primary amides is 1. The van der Waals surface area contributed by atoms with Crippen LogP contribution in [0.3, 0.4) is 0 Å². The van der Waals surface area contributed by atoms with E-state index >= 15 is 0 Å². The van der Waals surface area contributed by atoms with E-state index in [1.807, 2.05) is 45.0 Å². The van der Waals surface area contributed by atoms with Crippen molar-refractivity contribution in [3.63, 3.8) is 0 Å². The number of rotatable bonds is 2. The first-order valence-corrected chi connectivity index (χ1v) is 6.83. The van der Waals surface area contributed by atoms with Gasteiger partial charge in [0.25, 0.3) is 0 Å². The minimum absolute atomic E-state index is 0.393. The molecule has 0 saturated carbocycles. The summed E-state index contributed by atoms with van der Waals surface area (Å²) >= 11 is 0. The molecule has 3 rings (SSSR count). The van der Waals surface area contributed by atoms with Crippen molar-refractivity contribution in [3.05, 3.63) is 52.8 Å². The van der Waals surface area contributed by atoms with Gasteiger partial charge in [-0.15, -0.1) is 0 Å². The van der Waals surface area contributed by atoms with Crippen molar-refractivity contribution in [2.75, 3.05) is 0 Å². The molecule has 0 radical (unpaired) electrons. The van der Waals surface area contributed by atoms with E-state index in [9.17, 15) is 4.79 Å². The third-order valence-corrected chi connectivity index (χ3v) is 3.87. The first-order chi connectivity index (χ1) is 9.95. The van der Waals surface area contributed by atoms with E-state index in [1.54, 1.807) is 0 Å². The molecule has 0 aliphatic heterocycles. The van der Waals surface area contributed by atoms with Crippen LogP contribution >= 0.6 is 0 Å². The normalized spacial score (nSPS) is 11.0. The molecule has 1 aromatic heterocycles. The van der Waals surface area contributed by atoms with E-state index in [2.05, 4.69) is 16.0 Å². The van der Waals surface area contributed by atoms with E-state index in [0.717, 1.165) is 39.1 Å². The average Bonchev–Trinajstić information content (AvgIpc) is 2.80. The first-order valence-electron chi connectivity index (χ1n) is 6.83. The predicted octanol–water partition coefficient (Wildman–Crippen LogP) is 3.25. The zero-order chi connectivity index (χ0) is 15.1. The number of amides is 1. The largest absolute Gasteiger partial charge is 0.366 e. The molecule has 3 aromatic rings. The van der Waals surface area contributed by atoms with E-state index < -0.39 is 5.91 Å². The molecule has 0 aliphatic carbocycles. The molecule has 1 heterocycles. The highest BCUT2D eigenvalue weighted by molar-refractivity contribution is 5.96. The molecular weight excluding hydrogens is 262 g/mol. The van der Waals surface area contributed by atoms with Crippen LogP contribution in [-0.4, -0.2) is 15.9 Å². The Balaban J connectivity index is 2.19. The Hall–Kier alpha value is -2.62. The summed E-state index contributed by atoms with van der Waals surface area (Å²) in [6.45, 7) is 5.84. The van der Waals surface area contributed by atoms with Gasteiger partial charge >= 0.3 is 0 Å². The summed E-state index contributed by atoms with van der Waals surface area (Å²) in [6.07, 6.45) is 0. The maximum absolute atomic E-state index is 11.6. The fourth-order valence-electron chi connectivity index (χ4n) is 2.60. The lowest BCUT2D eigenvalue weighted by atomic mass is 9.95. The molecule has 3 N–H and O–H groups in total. The fraction of sp³-hybridized carbons (Fsp3) is 0.176. The molecule has 4 nitrogen and oxygen atoms in total. The number of benzene rings is 2. The lowest BCUT2D eigenvalue weighted by molar-refractivity contribution is 0.0999. The first kappa shape index (κ1) is 13.4. The highest BCUT2D eigenvalue weighted by Crippen LogP contribution is 2.27. The average molecular weight is 279 g/mol. The molecule has 1 amide bonds. The summed E-state index contributed by atoms with van der Waals surface area (Å²) in [5, 5.41) is 0. The number of carbonyl (C=O) groups is 1. The van der Waals surface area contributed by atoms with Gasteiger partial charge in [-0.1, -0.05) is 12.1 Å². The topological polar surface area (TPSA) is 71.8 Å². The molecule has 106 valence electrons. The number of nitrogens with zero attached hydrogens (tertiary/aromatic N) is 1. The quantitative estimate of drug-likeness (QED) is 0.755. The van der Waals surface area contributed by atoms with Gasteiger partial charge in [0.15, 0.2) is 0 Å². The second-order valence-corrected chi connectivity index (χ2v) is 5.38. The van der Waals surface area contributed by atoms with E-state index in [-0.39, 0.29) is 0 Å². The summed E-state index contributed by atoms with van der Waals surface area (Å²) in [6, 6.07) is 9.97. The predicted molar refractivity (Wildman–Crippen MR) is 84.3 cm³/mol. The van der Waals surface area contributed by atoms with Crippen LogP contribution in [0.4, 0.5) is 0 Å². The number of aromatic amines is 1. The van der Waals surface area contributed by atoms with Gasteiger partial charge in [-0.25, -0.2) is 4.98 Å². The fourth-order valence-corrected chi connectivity index (χ4v) is 2.60. The van der Waals surface area contributed by atoms with Crippen LogP contribution in [0, 0.1) is 20.8 Å². The van der Waals surface area contributed by atoms with Crippen molar-refractivity contribution in [2.24, 2.45) is 5.73 Å². The molecule has 4 heteroatoms. The molecule has 0 spiro atoms. The van der Waals surface area contributed by atoms with Gasteiger partial charge in [0.1, 0.15) is 5.82 Å². The maximum atomic E-state index is 11.6. The molecule has 2 aromatic carbocycles. The highest BCUT2D eigenvalue weighted by Gasteiger charge is 2.11. The number of nitrogens with one attached hydrogen (secondary N) is 1. The summed E-state index contributed by atoms with van der Waals surface area (Å²) in [5.41, 5.74) is 12.0. The molecule has 0 atom stereocenters. The van der Waals surface area contributed by atoms with E-state index in [1.165, 1.54) is 0 Å². The third-order valence-electron chi connectivity index (χ3n) is 3.87. The van der Waals surface area contributed by atoms with Crippen LogP contribution in [0.5, 0.6) is 0 Å². The Bertz CT molecular complexity index is 862. The summed E-state index contributed by atoms with van der Waals surface area (Å²) in [5.74, 6) is 0.496. The summed E-state index contributed by atoms with van der Waals surface area (Å²) < 4.78 is 0. The Morgan fingerprint density at radius 3 is 2.57 bits per heavy atom. The van der Waals surface area contributed by atoms with Crippen LogP contribution in [-0.2, 0) is 0 Å². The number of fused-ring (bicyclic) bond motifs is 1. The third kappa shape index (κ3) is 2.29. The number of aryl methyl sites for hydroxylation is 2. The van der Waals surface area contributed by atoms with Crippen LogP contribution in [0.2, 0.25) is 0 Å². The smallest absolute Gasteiger partial charge is 0.248 e. The number of imidazole rings is 1. The number of carbonyl (C=O) groups excluding carboxylic acids is 1. The Kier molecular flexibility index (Phi) is 3.01. The van der Waals surface area contributed by atoms with Crippen molar-refractivity contribution in [1.29, 1.82) is 0 Å². The Morgan fingerprint density at radius 1 is 1.10 bits per heavy atom.